The molecule has 4 rings (SSSR count). The zero-order chi connectivity index (χ0) is 34.0. The summed E-state index contributed by atoms with van der Waals surface area (Å²) in [6.07, 6.45) is 2.44. The number of nitrogens with one attached hydrogen (secondary N) is 1. The number of hydrogen-bond donors (Lipinski definition) is 3. The molecule has 4 fully saturated rings. The lowest BCUT2D eigenvalue weighted by Crippen LogP contribution is -2.55. The summed E-state index contributed by atoms with van der Waals surface area (Å²) in [5, 5.41) is 30.5. The van der Waals surface area contributed by atoms with Crippen LogP contribution >= 0.6 is 0 Å². The Kier molecular flexibility index (Phi) is 13.9. The maximum Gasteiger partial charge on any atom is 0.326 e. The fraction of sp³-hybridized carbons (Fsp3) is 0.828. The smallest absolute Gasteiger partial charge is 0.326 e. The minimum absolute atomic E-state index is 0.00817. The molecule has 0 radical (unpaired) electrons. The number of fused-ring (bicyclic) bond motifs is 2. The summed E-state index contributed by atoms with van der Waals surface area (Å²) in [6.45, 7) is 5.72. The van der Waals surface area contributed by atoms with E-state index in [1.807, 2.05) is 6.92 Å². The van der Waals surface area contributed by atoms with Crippen molar-refractivity contribution < 1.29 is 63.1 Å². The molecule has 9 atom stereocenters. The van der Waals surface area contributed by atoms with Crippen LogP contribution in [0.1, 0.15) is 78.6 Å². The number of amides is 1. The van der Waals surface area contributed by atoms with Gasteiger partial charge in [-0.15, -0.1) is 10.1 Å². The van der Waals surface area contributed by atoms with E-state index in [0.29, 0.717) is 19.4 Å². The van der Waals surface area contributed by atoms with Gasteiger partial charge in [-0.2, -0.15) is 0 Å². The average Bonchev–Trinajstić information content (AvgIpc) is 3.70. The topological polar surface area (TPSA) is 230 Å². The number of likely N-dealkylation sites (tertiary alicyclic amines) is 1. The molecule has 0 spiro atoms. The Balaban J connectivity index is 0.000000259. The van der Waals surface area contributed by atoms with Crippen molar-refractivity contribution >= 4 is 29.8 Å². The zero-order valence-electron chi connectivity index (χ0n) is 26.4. The van der Waals surface area contributed by atoms with Crippen molar-refractivity contribution in [1.82, 2.24) is 10.2 Å². The van der Waals surface area contributed by atoms with Crippen LogP contribution in [0.25, 0.3) is 0 Å². The van der Waals surface area contributed by atoms with Gasteiger partial charge < -0.3 is 38.9 Å². The molecule has 17 nitrogen and oxygen atoms in total. The molecule has 3 heterocycles. The third-order valence-corrected chi connectivity index (χ3v) is 8.61. The molecular weight excluding hydrogens is 614 g/mol. The molecule has 4 unspecified atom stereocenters. The quantitative estimate of drug-likeness (QED) is 0.135. The number of carboxylic acids is 2. The Morgan fingerprint density at radius 3 is 2.28 bits per heavy atom. The maximum absolute atomic E-state index is 13.1. The number of aliphatic carboxylic acids is 2. The van der Waals surface area contributed by atoms with Crippen LogP contribution in [0.3, 0.4) is 0 Å². The van der Waals surface area contributed by atoms with Crippen LogP contribution in [0.15, 0.2) is 0 Å². The molecule has 0 aromatic carbocycles. The van der Waals surface area contributed by atoms with Crippen LogP contribution in [0.2, 0.25) is 0 Å². The van der Waals surface area contributed by atoms with Crippen molar-refractivity contribution in [2.24, 2.45) is 5.92 Å². The van der Waals surface area contributed by atoms with Gasteiger partial charge in [0.05, 0.1) is 38.7 Å². The van der Waals surface area contributed by atoms with E-state index in [1.54, 1.807) is 18.7 Å². The molecule has 1 saturated carbocycles. The van der Waals surface area contributed by atoms with Gasteiger partial charge in [0.2, 0.25) is 5.91 Å². The van der Waals surface area contributed by atoms with E-state index in [1.165, 1.54) is 0 Å². The van der Waals surface area contributed by atoms with Gasteiger partial charge in [0, 0.05) is 6.04 Å². The summed E-state index contributed by atoms with van der Waals surface area (Å²) >= 11 is 0. The second-order valence-corrected chi connectivity index (χ2v) is 11.8. The molecule has 0 aromatic heterocycles. The van der Waals surface area contributed by atoms with Crippen LogP contribution in [-0.4, -0.2) is 118 Å². The number of rotatable bonds is 14. The Bertz CT molecular complexity index is 1110. The Morgan fingerprint density at radius 1 is 1.02 bits per heavy atom. The minimum atomic E-state index is -1.10. The molecule has 0 aromatic rings. The summed E-state index contributed by atoms with van der Waals surface area (Å²) in [7, 11) is 0. The highest BCUT2D eigenvalue weighted by atomic mass is 17.0. The van der Waals surface area contributed by atoms with Crippen LogP contribution in [0.5, 0.6) is 0 Å². The molecule has 0 bridgehead atoms. The van der Waals surface area contributed by atoms with E-state index in [2.05, 4.69) is 10.2 Å². The first-order chi connectivity index (χ1) is 21.9. The largest absolute Gasteiger partial charge is 0.481 e. The van der Waals surface area contributed by atoms with Crippen LogP contribution in [0.4, 0.5) is 0 Å². The highest BCUT2D eigenvalue weighted by Gasteiger charge is 2.51. The van der Waals surface area contributed by atoms with Crippen LogP contribution in [-0.2, 0) is 47.8 Å². The molecule has 3 aliphatic heterocycles. The lowest BCUT2D eigenvalue weighted by molar-refractivity contribution is -0.769. The molecule has 46 heavy (non-hydrogen) atoms. The van der Waals surface area contributed by atoms with Gasteiger partial charge in [-0.05, 0) is 45.4 Å². The van der Waals surface area contributed by atoms with Crippen molar-refractivity contribution in [2.75, 3.05) is 19.8 Å². The second-order valence-electron chi connectivity index (χ2n) is 11.8. The molecule has 1 aliphatic carbocycles. The van der Waals surface area contributed by atoms with Crippen molar-refractivity contribution in [2.45, 2.75) is 127 Å². The van der Waals surface area contributed by atoms with Crippen molar-refractivity contribution in [3.63, 3.8) is 0 Å². The monoisotopic (exact) mass is 659 g/mol. The van der Waals surface area contributed by atoms with Gasteiger partial charge in [0.15, 0.2) is 12.2 Å². The standard InChI is InChI=1S/C19H32N2O5.C10H13NO9/c1-4-8-14(19(25)26-5-2)20-12(3)17(22)21-15-10-7-6-9-13(15)11-16(21)18(23)24;12-7(13)1-2-8(14)19-5-3-17-10-6(20-11(15)16)4-18-9(5)10/h12-16,20H,4-11H2,1-3H3,(H,23,24);5-6,9-10H,1-4H2,(H,12,13)/t12-,13-,14-,15-,16-;/m0./s1. The number of carbonyl (C=O) groups is 5. The van der Waals surface area contributed by atoms with Crippen molar-refractivity contribution in [1.29, 1.82) is 0 Å². The number of nitrogens with zero attached hydrogens (tertiary/aromatic N) is 2. The summed E-state index contributed by atoms with van der Waals surface area (Å²) in [5.74, 6) is -3.02. The van der Waals surface area contributed by atoms with E-state index >= 15 is 0 Å². The molecule has 4 aliphatic rings. The van der Waals surface area contributed by atoms with E-state index < -0.39 is 65.5 Å². The summed E-state index contributed by atoms with van der Waals surface area (Å²) in [6, 6.07) is -1.92. The maximum atomic E-state index is 13.1. The first kappa shape index (κ1) is 36.9. The average molecular weight is 660 g/mol. The van der Waals surface area contributed by atoms with Crippen LogP contribution in [0, 0.1) is 16.0 Å². The third kappa shape index (κ3) is 9.72. The van der Waals surface area contributed by atoms with Gasteiger partial charge in [0.1, 0.15) is 24.3 Å². The normalized spacial score (nSPS) is 29.3. The number of ether oxygens (including phenoxy) is 4. The molecule has 3 N–H and O–H groups in total. The van der Waals surface area contributed by atoms with Gasteiger partial charge in [-0.3, -0.25) is 24.5 Å². The number of hydrogen-bond acceptors (Lipinski definition) is 13. The van der Waals surface area contributed by atoms with Crippen molar-refractivity contribution in [3.8, 4) is 0 Å². The Morgan fingerprint density at radius 2 is 1.67 bits per heavy atom. The Labute approximate surface area is 266 Å². The molecule has 17 heteroatoms. The first-order valence-corrected chi connectivity index (χ1v) is 15.8. The third-order valence-electron chi connectivity index (χ3n) is 8.61. The molecule has 260 valence electrons. The predicted octanol–water partition coefficient (Wildman–Crippen LogP) is 1.08. The van der Waals surface area contributed by atoms with Crippen molar-refractivity contribution in [3.05, 3.63) is 10.1 Å². The first-order valence-electron chi connectivity index (χ1n) is 15.8. The van der Waals surface area contributed by atoms with E-state index in [4.69, 9.17) is 24.1 Å². The SMILES string of the molecule is CCC[C@H](N[C@@H](C)C(=O)N1[C@H](C(=O)O)C[C@@H]2CCCC[C@@H]21)C(=O)OCC.O=C(O)CCC(=O)OC1COC2C(O[N+](=O)[O-])COC12. The van der Waals surface area contributed by atoms with Crippen LogP contribution < -0.4 is 5.32 Å². The van der Waals surface area contributed by atoms with E-state index in [9.17, 15) is 39.2 Å². The molecular formula is C29H45N3O14. The van der Waals surface area contributed by atoms with Gasteiger partial charge in [0.25, 0.3) is 5.09 Å². The van der Waals surface area contributed by atoms with Gasteiger partial charge in [-0.1, -0.05) is 26.2 Å². The summed E-state index contributed by atoms with van der Waals surface area (Å²) in [5.41, 5.74) is 0. The highest BCUT2D eigenvalue weighted by Crippen LogP contribution is 2.40. The fourth-order valence-corrected chi connectivity index (χ4v) is 6.56. The second kappa shape index (κ2) is 17.4. The van der Waals surface area contributed by atoms with Gasteiger partial charge >= 0.3 is 23.9 Å². The van der Waals surface area contributed by atoms with E-state index in [-0.39, 0.29) is 49.9 Å². The predicted molar refractivity (Wildman–Crippen MR) is 155 cm³/mol. The number of carbonyl (C=O) groups excluding carboxylic acids is 3. The lowest BCUT2D eigenvalue weighted by atomic mass is 9.84. The molecule has 1 amide bonds. The van der Waals surface area contributed by atoms with E-state index in [0.717, 1.165) is 32.1 Å². The minimum Gasteiger partial charge on any atom is -0.481 e. The summed E-state index contributed by atoms with van der Waals surface area (Å²) in [4.78, 5) is 74.9. The Hall–Kier alpha value is -3.57. The zero-order valence-corrected chi connectivity index (χ0v) is 26.4. The lowest BCUT2D eigenvalue weighted by Gasteiger charge is -2.35. The summed E-state index contributed by atoms with van der Waals surface area (Å²) < 4.78 is 20.7. The number of carboxylic acid groups (broad SMARTS) is 2. The highest BCUT2D eigenvalue weighted by molar-refractivity contribution is 5.88. The van der Waals surface area contributed by atoms with Gasteiger partial charge in [-0.25, -0.2) is 4.79 Å². The number of esters is 2. The fourth-order valence-electron chi connectivity index (χ4n) is 6.56. The molecule has 3 saturated heterocycles.